The molecule has 1 atom stereocenters. The lowest BCUT2D eigenvalue weighted by atomic mass is 10.1. The fourth-order valence-corrected chi connectivity index (χ4v) is 2.68. The second-order valence-corrected chi connectivity index (χ2v) is 5.22. The fourth-order valence-electron chi connectivity index (χ4n) is 2.43. The molecule has 3 nitrogen and oxygen atoms in total. The highest BCUT2D eigenvalue weighted by Crippen LogP contribution is 2.29. The SMILES string of the molecule is OC[C@H](NCc1c(Cl)oc2ccccc12)c1ccccc1. The Balaban J connectivity index is 1.81. The van der Waals surface area contributed by atoms with Gasteiger partial charge in [-0.2, -0.15) is 0 Å². The van der Waals surface area contributed by atoms with E-state index in [1.54, 1.807) is 0 Å². The van der Waals surface area contributed by atoms with Gasteiger partial charge in [-0.15, -0.1) is 0 Å². The molecule has 0 saturated carbocycles. The topological polar surface area (TPSA) is 45.4 Å². The molecule has 0 aliphatic heterocycles. The number of aliphatic hydroxyl groups is 1. The van der Waals surface area contributed by atoms with Crippen LogP contribution in [0.15, 0.2) is 59.0 Å². The van der Waals surface area contributed by atoms with Crippen molar-refractivity contribution in [2.75, 3.05) is 6.61 Å². The zero-order valence-corrected chi connectivity index (χ0v) is 12.2. The maximum absolute atomic E-state index is 9.57. The Labute approximate surface area is 128 Å². The zero-order chi connectivity index (χ0) is 14.7. The van der Waals surface area contributed by atoms with Crippen molar-refractivity contribution >= 4 is 22.6 Å². The van der Waals surface area contributed by atoms with Crippen LogP contribution < -0.4 is 5.32 Å². The highest BCUT2D eigenvalue weighted by atomic mass is 35.5. The predicted molar refractivity (Wildman–Crippen MR) is 84.3 cm³/mol. The Hall–Kier alpha value is -1.81. The molecule has 1 aromatic heterocycles. The molecule has 0 bridgehead atoms. The van der Waals surface area contributed by atoms with Gasteiger partial charge in [-0.1, -0.05) is 48.5 Å². The van der Waals surface area contributed by atoms with Gasteiger partial charge in [0.25, 0.3) is 0 Å². The standard InChI is InChI=1S/C17H16ClNO2/c18-17-14(13-8-4-5-9-16(13)21-17)10-19-15(11-20)12-6-2-1-3-7-12/h1-9,15,19-20H,10-11H2/t15-/m0/s1. The number of benzene rings is 2. The van der Waals surface area contributed by atoms with Gasteiger partial charge in [0.15, 0.2) is 5.22 Å². The second-order valence-electron chi connectivity index (χ2n) is 4.88. The fraction of sp³-hybridized carbons (Fsp3) is 0.176. The number of fused-ring (bicyclic) bond motifs is 1. The van der Waals surface area contributed by atoms with Crippen molar-refractivity contribution in [3.05, 3.63) is 70.9 Å². The second kappa shape index (κ2) is 6.31. The molecule has 0 aliphatic carbocycles. The van der Waals surface area contributed by atoms with Gasteiger partial charge < -0.3 is 14.8 Å². The summed E-state index contributed by atoms with van der Waals surface area (Å²) in [5.41, 5.74) is 2.74. The minimum absolute atomic E-state index is 0.0252. The Kier molecular flexibility index (Phi) is 4.25. The van der Waals surface area contributed by atoms with Gasteiger partial charge in [0.05, 0.1) is 12.6 Å². The van der Waals surface area contributed by atoms with Gasteiger partial charge in [-0.25, -0.2) is 0 Å². The number of rotatable bonds is 5. The van der Waals surface area contributed by atoms with E-state index in [0.717, 1.165) is 22.1 Å². The van der Waals surface area contributed by atoms with Crippen LogP contribution in [0.4, 0.5) is 0 Å². The average molecular weight is 302 g/mol. The lowest BCUT2D eigenvalue weighted by Gasteiger charge is -2.16. The van der Waals surface area contributed by atoms with Crippen LogP contribution in [-0.2, 0) is 6.54 Å². The molecule has 0 radical (unpaired) electrons. The van der Waals surface area contributed by atoms with E-state index in [4.69, 9.17) is 16.0 Å². The lowest BCUT2D eigenvalue weighted by molar-refractivity contribution is 0.243. The van der Waals surface area contributed by atoms with Gasteiger partial charge in [0.1, 0.15) is 5.58 Å². The molecule has 0 saturated heterocycles. The normalized spacial score (nSPS) is 12.7. The van der Waals surface area contributed by atoms with E-state index in [9.17, 15) is 5.11 Å². The predicted octanol–water partition coefficient (Wildman–Crippen LogP) is 3.91. The molecule has 0 aliphatic rings. The van der Waals surface area contributed by atoms with Crippen LogP contribution in [0.1, 0.15) is 17.2 Å². The number of nitrogens with one attached hydrogen (secondary N) is 1. The quantitative estimate of drug-likeness (QED) is 0.751. The van der Waals surface area contributed by atoms with E-state index >= 15 is 0 Å². The Morgan fingerprint density at radius 3 is 2.52 bits per heavy atom. The molecule has 21 heavy (non-hydrogen) atoms. The molecule has 0 spiro atoms. The maximum Gasteiger partial charge on any atom is 0.199 e. The maximum atomic E-state index is 9.57. The van der Waals surface area contributed by atoms with Crippen molar-refractivity contribution in [2.45, 2.75) is 12.6 Å². The van der Waals surface area contributed by atoms with Crippen molar-refractivity contribution in [1.29, 1.82) is 0 Å². The summed E-state index contributed by atoms with van der Waals surface area (Å²) in [6.07, 6.45) is 0. The van der Waals surface area contributed by atoms with Crippen LogP contribution in [0.5, 0.6) is 0 Å². The smallest absolute Gasteiger partial charge is 0.199 e. The van der Waals surface area contributed by atoms with E-state index < -0.39 is 0 Å². The monoisotopic (exact) mass is 301 g/mol. The van der Waals surface area contributed by atoms with Crippen LogP contribution >= 0.6 is 11.6 Å². The van der Waals surface area contributed by atoms with Crippen LogP contribution in [0.3, 0.4) is 0 Å². The molecule has 3 rings (SSSR count). The van der Waals surface area contributed by atoms with Crippen LogP contribution in [-0.4, -0.2) is 11.7 Å². The van der Waals surface area contributed by atoms with Crippen molar-refractivity contribution in [1.82, 2.24) is 5.32 Å². The average Bonchev–Trinajstić information content (AvgIpc) is 2.85. The molecular weight excluding hydrogens is 286 g/mol. The van der Waals surface area contributed by atoms with E-state index in [0.29, 0.717) is 11.8 Å². The van der Waals surface area contributed by atoms with E-state index in [1.165, 1.54) is 0 Å². The number of para-hydroxylation sites is 1. The first-order valence-electron chi connectivity index (χ1n) is 6.84. The zero-order valence-electron chi connectivity index (χ0n) is 11.4. The summed E-state index contributed by atoms with van der Waals surface area (Å²) in [5.74, 6) is 0. The molecule has 3 aromatic rings. The molecule has 2 aromatic carbocycles. The van der Waals surface area contributed by atoms with Gasteiger partial charge in [-0.3, -0.25) is 0 Å². The third kappa shape index (κ3) is 2.95. The van der Waals surface area contributed by atoms with Gasteiger partial charge in [0.2, 0.25) is 0 Å². The highest BCUT2D eigenvalue weighted by Gasteiger charge is 2.15. The molecular formula is C17H16ClNO2. The number of hydrogen-bond acceptors (Lipinski definition) is 3. The van der Waals surface area contributed by atoms with Gasteiger partial charge >= 0.3 is 0 Å². The highest BCUT2D eigenvalue weighted by molar-refractivity contribution is 6.30. The van der Waals surface area contributed by atoms with Gasteiger partial charge in [-0.05, 0) is 23.2 Å². The summed E-state index contributed by atoms with van der Waals surface area (Å²) in [6, 6.07) is 17.5. The van der Waals surface area contributed by atoms with Crippen molar-refractivity contribution in [3.63, 3.8) is 0 Å². The molecule has 2 N–H and O–H groups in total. The minimum atomic E-state index is -0.129. The molecule has 4 heteroatoms. The molecule has 1 heterocycles. The van der Waals surface area contributed by atoms with E-state index in [2.05, 4.69) is 5.32 Å². The summed E-state index contributed by atoms with van der Waals surface area (Å²) >= 11 is 6.17. The number of furan rings is 1. The minimum Gasteiger partial charge on any atom is -0.444 e. The van der Waals surface area contributed by atoms with Gasteiger partial charge in [0, 0.05) is 17.5 Å². The molecule has 108 valence electrons. The summed E-state index contributed by atoms with van der Waals surface area (Å²) in [4.78, 5) is 0. The number of aliphatic hydroxyl groups excluding tert-OH is 1. The summed E-state index contributed by atoms with van der Waals surface area (Å²) < 4.78 is 5.53. The first-order valence-corrected chi connectivity index (χ1v) is 7.22. The number of halogens is 1. The van der Waals surface area contributed by atoms with Crippen LogP contribution in [0.25, 0.3) is 11.0 Å². The van der Waals surface area contributed by atoms with E-state index in [1.807, 2.05) is 54.6 Å². The Bertz CT molecular complexity index is 724. The summed E-state index contributed by atoms with van der Waals surface area (Å²) in [6.45, 7) is 0.563. The molecule has 0 amide bonds. The Morgan fingerprint density at radius 1 is 1.05 bits per heavy atom. The third-order valence-corrected chi connectivity index (χ3v) is 3.86. The molecule has 0 fully saturated rings. The first-order chi connectivity index (χ1) is 10.3. The summed E-state index contributed by atoms with van der Waals surface area (Å²) in [7, 11) is 0. The third-order valence-electron chi connectivity index (χ3n) is 3.56. The van der Waals surface area contributed by atoms with Crippen molar-refractivity contribution in [3.8, 4) is 0 Å². The van der Waals surface area contributed by atoms with Crippen molar-refractivity contribution in [2.24, 2.45) is 0 Å². The first kappa shape index (κ1) is 14.1. The summed E-state index contributed by atoms with van der Waals surface area (Å²) in [5, 5.41) is 14.3. The molecule has 0 unspecified atom stereocenters. The largest absolute Gasteiger partial charge is 0.444 e. The number of hydrogen-bond donors (Lipinski definition) is 2. The lowest BCUT2D eigenvalue weighted by Crippen LogP contribution is -2.23. The van der Waals surface area contributed by atoms with Crippen LogP contribution in [0, 0.1) is 0 Å². The Morgan fingerprint density at radius 2 is 1.76 bits per heavy atom. The van der Waals surface area contributed by atoms with E-state index in [-0.39, 0.29) is 12.6 Å². The van der Waals surface area contributed by atoms with Crippen LogP contribution in [0.2, 0.25) is 5.22 Å². The van der Waals surface area contributed by atoms with Crippen molar-refractivity contribution < 1.29 is 9.52 Å².